The predicted molar refractivity (Wildman–Crippen MR) is 59.7 cm³/mol. The van der Waals surface area contributed by atoms with E-state index < -0.39 is 0 Å². The minimum Gasteiger partial charge on any atom is -0.393 e. The summed E-state index contributed by atoms with van der Waals surface area (Å²) in [7, 11) is 0. The van der Waals surface area contributed by atoms with Gasteiger partial charge in [-0.2, -0.15) is 5.10 Å². The van der Waals surface area contributed by atoms with Crippen LogP contribution in [-0.2, 0) is 6.54 Å². The molecule has 1 N–H and O–H groups in total. The number of hydrogen-bond acceptors (Lipinski definition) is 2. The second-order valence-electron chi connectivity index (χ2n) is 4.59. The molecule has 1 aliphatic rings. The number of aliphatic hydroxyl groups excluding tert-OH is 1. The van der Waals surface area contributed by atoms with Gasteiger partial charge < -0.3 is 5.11 Å². The molecule has 0 spiro atoms. The maximum atomic E-state index is 9.76. The normalized spacial score (nSPS) is 31.0. The third-order valence-electron chi connectivity index (χ3n) is 3.58. The van der Waals surface area contributed by atoms with Crippen LogP contribution in [0.3, 0.4) is 0 Å². The summed E-state index contributed by atoms with van der Waals surface area (Å²) in [5, 5.41) is 14.1. The molecule has 3 nitrogen and oxygen atoms in total. The topological polar surface area (TPSA) is 38.0 Å². The van der Waals surface area contributed by atoms with Gasteiger partial charge in [0.1, 0.15) is 0 Å². The molecule has 3 heteroatoms. The largest absolute Gasteiger partial charge is 0.393 e. The maximum Gasteiger partial charge on any atom is 0.0572 e. The Kier molecular flexibility index (Phi) is 3.10. The molecule has 3 atom stereocenters. The zero-order valence-electron chi connectivity index (χ0n) is 9.56. The Hall–Kier alpha value is -0.830. The summed E-state index contributed by atoms with van der Waals surface area (Å²) in [6, 6.07) is 2.11. The van der Waals surface area contributed by atoms with Crippen molar-refractivity contribution in [2.75, 3.05) is 0 Å². The van der Waals surface area contributed by atoms with Gasteiger partial charge in [-0.25, -0.2) is 0 Å². The van der Waals surface area contributed by atoms with Crippen molar-refractivity contribution >= 4 is 0 Å². The van der Waals surface area contributed by atoms with Crippen molar-refractivity contribution in [1.82, 2.24) is 9.78 Å². The van der Waals surface area contributed by atoms with E-state index >= 15 is 0 Å². The molecular formula is C12H20N2O. The Morgan fingerprint density at radius 3 is 2.93 bits per heavy atom. The zero-order chi connectivity index (χ0) is 10.8. The second-order valence-corrected chi connectivity index (χ2v) is 4.59. The van der Waals surface area contributed by atoms with Gasteiger partial charge in [-0.1, -0.05) is 13.8 Å². The number of rotatable bonds is 3. The molecule has 0 aromatic carbocycles. The fourth-order valence-electron chi connectivity index (χ4n) is 2.62. The van der Waals surface area contributed by atoms with Crippen LogP contribution in [0.1, 0.15) is 44.7 Å². The summed E-state index contributed by atoms with van der Waals surface area (Å²) in [5.41, 5.74) is 1.31. The predicted octanol–water partition coefficient (Wildman–Crippen LogP) is 2.17. The van der Waals surface area contributed by atoms with E-state index in [1.165, 1.54) is 5.69 Å². The van der Waals surface area contributed by atoms with E-state index in [0.717, 1.165) is 25.8 Å². The molecule has 84 valence electrons. The Balaban J connectivity index is 2.18. The summed E-state index contributed by atoms with van der Waals surface area (Å²) < 4.78 is 2.10. The Morgan fingerprint density at radius 1 is 1.53 bits per heavy atom. The van der Waals surface area contributed by atoms with Crippen LogP contribution in [0.4, 0.5) is 0 Å². The van der Waals surface area contributed by atoms with Crippen molar-refractivity contribution in [3.05, 3.63) is 18.0 Å². The third-order valence-corrected chi connectivity index (χ3v) is 3.58. The molecule has 2 rings (SSSR count). The van der Waals surface area contributed by atoms with E-state index in [2.05, 4.69) is 29.7 Å². The average molecular weight is 208 g/mol. The maximum absolute atomic E-state index is 9.76. The summed E-state index contributed by atoms with van der Waals surface area (Å²) in [4.78, 5) is 0. The van der Waals surface area contributed by atoms with Crippen molar-refractivity contribution in [3.8, 4) is 0 Å². The van der Waals surface area contributed by atoms with Crippen molar-refractivity contribution in [2.24, 2.45) is 5.92 Å². The van der Waals surface area contributed by atoms with Gasteiger partial charge >= 0.3 is 0 Å². The molecule has 0 amide bonds. The lowest BCUT2D eigenvalue weighted by atomic mass is 9.93. The van der Waals surface area contributed by atoms with Gasteiger partial charge in [0.25, 0.3) is 0 Å². The van der Waals surface area contributed by atoms with Crippen LogP contribution >= 0.6 is 0 Å². The summed E-state index contributed by atoms with van der Waals surface area (Å²) >= 11 is 0. The molecule has 1 aliphatic carbocycles. The number of aliphatic hydroxyl groups is 1. The molecule has 0 saturated heterocycles. The number of nitrogens with zero attached hydrogens (tertiary/aromatic N) is 2. The van der Waals surface area contributed by atoms with Crippen LogP contribution in [-0.4, -0.2) is 21.0 Å². The first-order valence-electron chi connectivity index (χ1n) is 5.93. The van der Waals surface area contributed by atoms with Crippen molar-refractivity contribution in [1.29, 1.82) is 0 Å². The van der Waals surface area contributed by atoms with E-state index in [1.54, 1.807) is 0 Å². The molecule has 1 aromatic rings. The lowest BCUT2D eigenvalue weighted by Crippen LogP contribution is -2.17. The first-order chi connectivity index (χ1) is 7.24. The molecular weight excluding hydrogens is 188 g/mol. The quantitative estimate of drug-likeness (QED) is 0.826. The van der Waals surface area contributed by atoms with Crippen molar-refractivity contribution in [2.45, 2.75) is 51.7 Å². The van der Waals surface area contributed by atoms with Gasteiger partial charge in [-0.05, 0) is 31.2 Å². The van der Waals surface area contributed by atoms with Gasteiger partial charge in [0.15, 0.2) is 0 Å². The molecule has 3 unspecified atom stereocenters. The van der Waals surface area contributed by atoms with Crippen LogP contribution in [0.5, 0.6) is 0 Å². The summed E-state index contributed by atoms with van der Waals surface area (Å²) in [6.45, 7) is 5.30. The molecule has 0 bridgehead atoms. The first kappa shape index (κ1) is 10.7. The fraction of sp³-hybridized carbons (Fsp3) is 0.750. The van der Waals surface area contributed by atoms with E-state index in [0.29, 0.717) is 11.8 Å². The average Bonchev–Trinajstić information content (AvgIpc) is 2.77. The van der Waals surface area contributed by atoms with Crippen molar-refractivity contribution in [3.63, 3.8) is 0 Å². The summed E-state index contributed by atoms with van der Waals surface area (Å²) in [6.07, 6.45) is 4.89. The van der Waals surface area contributed by atoms with E-state index in [9.17, 15) is 5.11 Å². The van der Waals surface area contributed by atoms with Crippen LogP contribution in [0, 0.1) is 5.92 Å². The number of aryl methyl sites for hydroxylation is 1. The van der Waals surface area contributed by atoms with E-state index in [-0.39, 0.29) is 6.10 Å². The van der Waals surface area contributed by atoms with Gasteiger partial charge in [0, 0.05) is 24.4 Å². The molecule has 15 heavy (non-hydrogen) atoms. The lowest BCUT2D eigenvalue weighted by molar-refractivity contribution is 0.136. The first-order valence-corrected chi connectivity index (χ1v) is 5.93. The molecule has 0 aliphatic heterocycles. The standard InChI is InChI=1S/C12H20N2O/c1-3-8-14-11(6-7-13-14)10-4-5-12(15)9(10)2/h6-7,9-10,12,15H,3-5,8H2,1-2H3. The smallest absolute Gasteiger partial charge is 0.0572 e. The second kappa shape index (κ2) is 4.35. The molecule has 1 heterocycles. The monoisotopic (exact) mass is 208 g/mol. The highest BCUT2D eigenvalue weighted by Crippen LogP contribution is 2.39. The highest BCUT2D eigenvalue weighted by atomic mass is 16.3. The SMILES string of the molecule is CCCn1nccc1C1CCC(O)C1C. The molecule has 1 saturated carbocycles. The van der Waals surface area contributed by atoms with Crippen LogP contribution in [0.2, 0.25) is 0 Å². The van der Waals surface area contributed by atoms with Gasteiger partial charge in [-0.15, -0.1) is 0 Å². The van der Waals surface area contributed by atoms with E-state index in [1.807, 2.05) is 6.20 Å². The zero-order valence-corrected chi connectivity index (χ0v) is 9.56. The fourth-order valence-corrected chi connectivity index (χ4v) is 2.62. The summed E-state index contributed by atoms with van der Waals surface area (Å²) in [5.74, 6) is 0.867. The Bertz CT molecular complexity index is 321. The van der Waals surface area contributed by atoms with Gasteiger partial charge in [0.2, 0.25) is 0 Å². The molecule has 1 fully saturated rings. The Labute approximate surface area is 91.1 Å². The number of hydrogen-bond donors (Lipinski definition) is 1. The minimum atomic E-state index is -0.125. The minimum absolute atomic E-state index is 0.125. The van der Waals surface area contributed by atoms with Crippen molar-refractivity contribution < 1.29 is 5.11 Å². The lowest BCUT2D eigenvalue weighted by Gasteiger charge is -2.18. The van der Waals surface area contributed by atoms with Crippen LogP contribution in [0.15, 0.2) is 12.3 Å². The Morgan fingerprint density at radius 2 is 2.33 bits per heavy atom. The number of aromatic nitrogens is 2. The van der Waals surface area contributed by atoms with Gasteiger partial charge in [-0.3, -0.25) is 4.68 Å². The molecule has 0 radical (unpaired) electrons. The van der Waals surface area contributed by atoms with Gasteiger partial charge in [0.05, 0.1) is 6.10 Å². The highest BCUT2D eigenvalue weighted by Gasteiger charge is 2.33. The molecule has 1 aromatic heterocycles. The van der Waals surface area contributed by atoms with Crippen LogP contribution in [0.25, 0.3) is 0 Å². The van der Waals surface area contributed by atoms with E-state index in [4.69, 9.17) is 0 Å². The third kappa shape index (κ3) is 1.93. The van der Waals surface area contributed by atoms with Crippen LogP contribution < -0.4 is 0 Å². The highest BCUT2D eigenvalue weighted by molar-refractivity contribution is 5.12.